The monoisotopic (exact) mass is 324 g/mol. The molecule has 0 fully saturated rings. The van der Waals surface area contributed by atoms with Crippen LogP contribution in [0.4, 0.5) is 5.69 Å². The predicted octanol–water partition coefficient (Wildman–Crippen LogP) is 1.81. The Hall–Kier alpha value is -2.26. The SMILES string of the molecule is CCN(CC)S(=O)(=O)c1ccc(-n2cccn2)c([N+](=O)[O-])c1. The summed E-state index contributed by atoms with van der Waals surface area (Å²) in [5, 5.41) is 15.2. The van der Waals surface area contributed by atoms with Gasteiger partial charge < -0.3 is 0 Å². The zero-order chi connectivity index (χ0) is 16.3. The molecular weight excluding hydrogens is 308 g/mol. The standard InChI is InChI=1S/C13H16N4O4S/c1-3-15(4-2)22(20,21)11-6-7-12(13(10-11)17(18)19)16-9-5-8-14-16/h5-10H,3-4H2,1-2H3. The van der Waals surface area contributed by atoms with Gasteiger partial charge in [-0.3, -0.25) is 10.1 Å². The molecule has 8 nitrogen and oxygen atoms in total. The van der Waals surface area contributed by atoms with Crippen LogP contribution >= 0.6 is 0 Å². The van der Waals surface area contributed by atoms with E-state index >= 15 is 0 Å². The molecule has 0 aliphatic rings. The van der Waals surface area contributed by atoms with Gasteiger partial charge in [0.15, 0.2) is 0 Å². The van der Waals surface area contributed by atoms with Gasteiger partial charge in [0.2, 0.25) is 10.0 Å². The zero-order valence-corrected chi connectivity index (χ0v) is 13.0. The van der Waals surface area contributed by atoms with Crippen LogP contribution in [-0.4, -0.2) is 40.5 Å². The van der Waals surface area contributed by atoms with Crippen molar-refractivity contribution in [3.63, 3.8) is 0 Å². The number of nitro groups is 1. The Bertz CT molecular complexity index is 767. The molecule has 0 saturated carbocycles. The molecule has 1 heterocycles. The molecule has 22 heavy (non-hydrogen) atoms. The molecule has 0 spiro atoms. The van der Waals surface area contributed by atoms with Crippen molar-refractivity contribution in [2.45, 2.75) is 18.7 Å². The van der Waals surface area contributed by atoms with E-state index in [1.54, 1.807) is 26.1 Å². The lowest BCUT2D eigenvalue weighted by molar-refractivity contribution is -0.384. The van der Waals surface area contributed by atoms with E-state index in [0.717, 1.165) is 6.07 Å². The summed E-state index contributed by atoms with van der Waals surface area (Å²) in [5.41, 5.74) is -0.0922. The quantitative estimate of drug-likeness (QED) is 0.596. The Morgan fingerprint density at radius 3 is 2.50 bits per heavy atom. The van der Waals surface area contributed by atoms with Crippen molar-refractivity contribution in [1.82, 2.24) is 14.1 Å². The second kappa shape index (κ2) is 6.24. The van der Waals surface area contributed by atoms with Crippen molar-refractivity contribution in [3.05, 3.63) is 46.8 Å². The molecule has 0 N–H and O–H groups in total. The summed E-state index contributed by atoms with van der Waals surface area (Å²) in [6.07, 6.45) is 3.05. The molecule has 9 heteroatoms. The first-order valence-electron chi connectivity index (χ1n) is 6.70. The zero-order valence-electron chi connectivity index (χ0n) is 12.2. The van der Waals surface area contributed by atoms with E-state index < -0.39 is 14.9 Å². The van der Waals surface area contributed by atoms with Crippen LogP contribution in [0.3, 0.4) is 0 Å². The minimum absolute atomic E-state index is 0.0983. The van der Waals surface area contributed by atoms with Crippen molar-refractivity contribution in [2.75, 3.05) is 13.1 Å². The number of benzene rings is 1. The molecule has 1 aromatic carbocycles. The lowest BCUT2D eigenvalue weighted by Crippen LogP contribution is -2.30. The molecule has 118 valence electrons. The van der Waals surface area contributed by atoms with E-state index in [9.17, 15) is 18.5 Å². The number of hydrogen-bond acceptors (Lipinski definition) is 5. The lowest BCUT2D eigenvalue weighted by Gasteiger charge is -2.18. The summed E-state index contributed by atoms with van der Waals surface area (Å²) >= 11 is 0. The first-order chi connectivity index (χ1) is 10.4. The second-order valence-corrected chi connectivity index (χ2v) is 6.39. The smallest absolute Gasteiger partial charge is 0.258 e. The van der Waals surface area contributed by atoms with Gasteiger partial charge in [-0.25, -0.2) is 13.1 Å². The fourth-order valence-electron chi connectivity index (χ4n) is 2.13. The Balaban J connectivity index is 2.58. The van der Waals surface area contributed by atoms with Crippen LogP contribution in [0, 0.1) is 10.1 Å². The predicted molar refractivity (Wildman–Crippen MR) is 80.3 cm³/mol. The maximum Gasteiger partial charge on any atom is 0.296 e. The molecule has 0 bridgehead atoms. The van der Waals surface area contributed by atoms with Gasteiger partial charge in [-0.1, -0.05) is 13.8 Å². The number of nitrogens with zero attached hydrogens (tertiary/aromatic N) is 4. The molecular formula is C13H16N4O4S. The van der Waals surface area contributed by atoms with Crippen molar-refractivity contribution >= 4 is 15.7 Å². The van der Waals surface area contributed by atoms with E-state index in [1.807, 2.05) is 0 Å². The van der Waals surface area contributed by atoms with Gasteiger partial charge >= 0.3 is 0 Å². The molecule has 1 aromatic heterocycles. The highest BCUT2D eigenvalue weighted by Crippen LogP contribution is 2.27. The summed E-state index contributed by atoms with van der Waals surface area (Å²) < 4.78 is 27.5. The maximum absolute atomic E-state index is 12.4. The highest BCUT2D eigenvalue weighted by Gasteiger charge is 2.26. The van der Waals surface area contributed by atoms with Crippen molar-refractivity contribution < 1.29 is 13.3 Å². The van der Waals surface area contributed by atoms with Gasteiger partial charge in [0.25, 0.3) is 5.69 Å². The normalized spacial score (nSPS) is 11.8. The van der Waals surface area contributed by atoms with Gasteiger partial charge in [-0.15, -0.1) is 0 Å². The fraction of sp³-hybridized carbons (Fsp3) is 0.308. The van der Waals surface area contributed by atoms with Crippen LogP contribution in [0.5, 0.6) is 0 Å². The van der Waals surface area contributed by atoms with Gasteiger partial charge in [0.1, 0.15) is 5.69 Å². The molecule has 0 unspecified atom stereocenters. The first-order valence-corrected chi connectivity index (χ1v) is 8.14. The molecule has 0 atom stereocenters. The largest absolute Gasteiger partial charge is 0.296 e. The number of sulfonamides is 1. The van der Waals surface area contributed by atoms with E-state index in [0.29, 0.717) is 13.1 Å². The summed E-state index contributed by atoms with van der Waals surface area (Å²) in [7, 11) is -3.74. The molecule has 0 aliphatic heterocycles. The lowest BCUT2D eigenvalue weighted by atomic mass is 10.2. The molecule has 0 aliphatic carbocycles. The molecule has 0 saturated heterocycles. The third kappa shape index (κ3) is 2.85. The number of aromatic nitrogens is 2. The van der Waals surface area contributed by atoms with E-state index in [2.05, 4.69) is 5.10 Å². The average Bonchev–Trinajstić information content (AvgIpc) is 3.01. The molecule has 0 amide bonds. The number of nitro benzene ring substituents is 1. The third-order valence-corrected chi connectivity index (χ3v) is 5.28. The molecule has 0 radical (unpaired) electrons. The van der Waals surface area contributed by atoms with E-state index in [-0.39, 0.29) is 16.3 Å². The van der Waals surface area contributed by atoms with E-state index in [1.165, 1.54) is 27.3 Å². The summed E-state index contributed by atoms with van der Waals surface area (Å²) in [5.74, 6) is 0. The summed E-state index contributed by atoms with van der Waals surface area (Å²) in [4.78, 5) is 10.5. The molecule has 2 aromatic rings. The van der Waals surface area contributed by atoms with Crippen molar-refractivity contribution in [2.24, 2.45) is 0 Å². The van der Waals surface area contributed by atoms with Gasteiger partial charge in [-0.2, -0.15) is 9.40 Å². The van der Waals surface area contributed by atoms with Crippen LogP contribution in [0.15, 0.2) is 41.6 Å². The third-order valence-electron chi connectivity index (χ3n) is 3.24. The maximum atomic E-state index is 12.4. The van der Waals surface area contributed by atoms with E-state index in [4.69, 9.17) is 0 Å². The first kappa shape index (κ1) is 16.1. The topological polar surface area (TPSA) is 98.3 Å². The highest BCUT2D eigenvalue weighted by atomic mass is 32.2. The van der Waals surface area contributed by atoms with Gasteiger partial charge in [0.05, 0.1) is 9.82 Å². The Labute approximate surface area is 128 Å². The van der Waals surface area contributed by atoms with Crippen LogP contribution in [0.1, 0.15) is 13.8 Å². The summed E-state index contributed by atoms with van der Waals surface area (Å²) in [6.45, 7) is 4.03. The second-order valence-electron chi connectivity index (χ2n) is 4.45. The van der Waals surface area contributed by atoms with Crippen molar-refractivity contribution in [3.8, 4) is 5.69 Å². The summed E-state index contributed by atoms with van der Waals surface area (Å²) in [6, 6.07) is 5.45. The Morgan fingerprint density at radius 2 is 2.00 bits per heavy atom. The van der Waals surface area contributed by atoms with Crippen LogP contribution < -0.4 is 0 Å². The minimum atomic E-state index is -3.74. The van der Waals surface area contributed by atoms with Gasteiger partial charge in [0, 0.05) is 31.5 Å². The Kier molecular flexibility index (Phi) is 4.57. The minimum Gasteiger partial charge on any atom is -0.258 e. The van der Waals surface area contributed by atoms with Gasteiger partial charge in [-0.05, 0) is 18.2 Å². The van der Waals surface area contributed by atoms with Crippen LogP contribution in [0.25, 0.3) is 5.69 Å². The number of rotatable bonds is 6. The van der Waals surface area contributed by atoms with Crippen LogP contribution in [0.2, 0.25) is 0 Å². The number of hydrogen-bond donors (Lipinski definition) is 0. The van der Waals surface area contributed by atoms with Crippen LogP contribution in [-0.2, 0) is 10.0 Å². The molecule has 2 rings (SSSR count). The van der Waals surface area contributed by atoms with Crippen molar-refractivity contribution in [1.29, 1.82) is 0 Å². The average molecular weight is 324 g/mol. The highest BCUT2D eigenvalue weighted by molar-refractivity contribution is 7.89. The Morgan fingerprint density at radius 1 is 1.32 bits per heavy atom. The fourth-order valence-corrected chi connectivity index (χ4v) is 3.61.